The number of benzene rings is 2. The van der Waals surface area contributed by atoms with Crippen LogP contribution in [0.2, 0.25) is 0 Å². The van der Waals surface area contributed by atoms with Crippen molar-refractivity contribution in [3.8, 4) is 11.5 Å². The molecule has 1 aromatic heterocycles. The second-order valence-corrected chi connectivity index (χ2v) is 6.71. The Bertz CT molecular complexity index is 973. The highest BCUT2D eigenvalue weighted by molar-refractivity contribution is 6.04. The number of ether oxygens (including phenoxy) is 2. The van der Waals surface area contributed by atoms with Gasteiger partial charge >= 0.3 is 0 Å². The molecule has 0 aliphatic heterocycles. The Kier molecular flexibility index (Phi) is 6.68. The van der Waals surface area contributed by atoms with Crippen molar-refractivity contribution in [2.75, 3.05) is 17.7 Å². The molecule has 0 aliphatic carbocycles. The Balaban J connectivity index is 1.70. The molecule has 1 amide bonds. The minimum absolute atomic E-state index is 0.00804. The molecule has 0 saturated heterocycles. The molecule has 0 saturated carbocycles. The van der Waals surface area contributed by atoms with Gasteiger partial charge in [0.2, 0.25) is 0 Å². The summed E-state index contributed by atoms with van der Waals surface area (Å²) in [7, 11) is 1.65. The normalized spacial score (nSPS) is 10.5. The van der Waals surface area contributed by atoms with E-state index >= 15 is 0 Å². The number of methoxy groups -OCH3 is 1. The third-order valence-electron chi connectivity index (χ3n) is 4.17. The Hall–Kier alpha value is -3.54. The fourth-order valence-corrected chi connectivity index (χ4v) is 2.82. The van der Waals surface area contributed by atoms with Crippen molar-refractivity contribution in [3.05, 3.63) is 78.1 Å². The fraction of sp³-hybridized carbons (Fsp3) is 0.217. The van der Waals surface area contributed by atoms with Crippen LogP contribution in [0, 0.1) is 0 Å². The second kappa shape index (κ2) is 9.59. The van der Waals surface area contributed by atoms with Gasteiger partial charge in [-0.1, -0.05) is 30.3 Å². The van der Waals surface area contributed by atoms with Crippen molar-refractivity contribution in [1.82, 2.24) is 4.98 Å². The van der Waals surface area contributed by atoms with Crippen LogP contribution in [0.3, 0.4) is 0 Å². The topological polar surface area (TPSA) is 72.5 Å². The quantitative estimate of drug-likeness (QED) is 0.580. The number of hydrogen-bond acceptors (Lipinski definition) is 5. The van der Waals surface area contributed by atoms with Crippen molar-refractivity contribution in [1.29, 1.82) is 0 Å². The first-order valence-corrected chi connectivity index (χ1v) is 9.45. The number of nitrogens with zero attached hydrogens (tertiary/aromatic N) is 1. The molecule has 0 unspecified atom stereocenters. The van der Waals surface area contributed by atoms with Crippen molar-refractivity contribution in [2.24, 2.45) is 0 Å². The predicted molar refractivity (Wildman–Crippen MR) is 115 cm³/mol. The summed E-state index contributed by atoms with van der Waals surface area (Å²) in [6.07, 6.45) is 1.62. The first-order chi connectivity index (χ1) is 14.1. The number of para-hydroxylation sites is 3. The summed E-state index contributed by atoms with van der Waals surface area (Å²) in [6, 6.07) is 18.7. The maximum Gasteiger partial charge on any atom is 0.274 e. The monoisotopic (exact) mass is 391 g/mol. The van der Waals surface area contributed by atoms with E-state index in [1.165, 1.54) is 0 Å². The summed E-state index contributed by atoms with van der Waals surface area (Å²) in [5.41, 5.74) is 2.75. The maximum absolute atomic E-state index is 12.7. The van der Waals surface area contributed by atoms with Gasteiger partial charge in [-0.15, -0.1) is 0 Å². The molecule has 2 N–H and O–H groups in total. The Labute approximate surface area is 170 Å². The van der Waals surface area contributed by atoms with Crippen LogP contribution < -0.4 is 20.1 Å². The van der Waals surface area contributed by atoms with Crippen LogP contribution in [-0.2, 0) is 6.54 Å². The van der Waals surface area contributed by atoms with Crippen molar-refractivity contribution >= 4 is 17.3 Å². The molecule has 1 heterocycles. The van der Waals surface area contributed by atoms with Crippen LogP contribution in [0.5, 0.6) is 11.5 Å². The predicted octanol–water partition coefficient (Wildman–Crippen LogP) is 4.74. The van der Waals surface area contributed by atoms with Crippen LogP contribution in [0.4, 0.5) is 11.4 Å². The molecule has 6 nitrogen and oxygen atoms in total. The number of pyridine rings is 1. The van der Waals surface area contributed by atoms with Gasteiger partial charge in [0.1, 0.15) is 17.2 Å². The lowest BCUT2D eigenvalue weighted by Crippen LogP contribution is -2.16. The van der Waals surface area contributed by atoms with Crippen LogP contribution in [0.25, 0.3) is 0 Å². The third-order valence-corrected chi connectivity index (χ3v) is 4.17. The van der Waals surface area contributed by atoms with Gasteiger partial charge in [-0.3, -0.25) is 9.78 Å². The zero-order chi connectivity index (χ0) is 20.6. The zero-order valence-corrected chi connectivity index (χ0v) is 16.8. The minimum atomic E-state index is -0.300. The third kappa shape index (κ3) is 5.48. The molecule has 0 bridgehead atoms. The number of aromatic nitrogens is 1. The molecule has 0 spiro atoms. The Morgan fingerprint density at radius 1 is 1.03 bits per heavy atom. The van der Waals surface area contributed by atoms with E-state index in [0.29, 0.717) is 23.7 Å². The van der Waals surface area contributed by atoms with E-state index in [-0.39, 0.29) is 12.0 Å². The number of nitrogens with one attached hydrogen (secondary N) is 2. The van der Waals surface area contributed by atoms with Gasteiger partial charge in [0.05, 0.1) is 18.9 Å². The van der Waals surface area contributed by atoms with E-state index in [4.69, 9.17) is 9.47 Å². The molecule has 0 radical (unpaired) electrons. The number of carbonyl (C=O) groups is 1. The average molecular weight is 391 g/mol. The highest BCUT2D eigenvalue weighted by Gasteiger charge is 2.12. The molecule has 2 aromatic carbocycles. The smallest absolute Gasteiger partial charge is 0.274 e. The summed E-state index contributed by atoms with van der Waals surface area (Å²) in [5, 5.41) is 6.18. The standard InChI is InChI=1S/C23H25N3O3/c1-16(2)29-22-11-7-5-9-19(22)26-23(27)20-14-18(12-13-24-20)25-15-17-8-4-6-10-21(17)28-3/h4-14,16H,15H2,1-3H3,(H,24,25)(H,26,27). The van der Waals surface area contributed by atoms with E-state index < -0.39 is 0 Å². The first-order valence-electron chi connectivity index (χ1n) is 9.45. The fourth-order valence-electron chi connectivity index (χ4n) is 2.82. The number of carbonyl (C=O) groups excluding carboxylic acids is 1. The maximum atomic E-state index is 12.7. The van der Waals surface area contributed by atoms with E-state index in [2.05, 4.69) is 15.6 Å². The number of amides is 1. The van der Waals surface area contributed by atoms with E-state index in [9.17, 15) is 4.79 Å². The van der Waals surface area contributed by atoms with Gasteiger partial charge in [0, 0.05) is 24.0 Å². The molecule has 3 rings (SSSR count). The van der Waals surface area contributed by atoms with Gasteiger partial charge in [0.25, 0.3) is 5.91 Å². The highest BCUT2D eigenvalue weighted by Crippen LogP contribution is 2.25. The van der Waals surface area contributed by atoms with Crippen LogP contribution in [0.15, 0.2) is 66.9 Å². The van der Waals surface area contributed by atoms with Gasteiger partial charge in [-0.25, -0.2) is 0 Å². The first kappa shape index (κ1) is 20.2. The van der Waals surface area contributed by atoms with E-state index in [0.717, 1.165) is 17.0 Å². The molecule has 6 heteroatoms. The Morgan fingerprint density at radius 3 is 2.52 bits per heavy atom. The van der Waals surface area contributed by atoms with Gasteiger partial charge < -0.3 is 20.1 Å². The average Bonchev–Trinajstić information content (AvgIpc) is 2.73. The van der Waals surface area contributed by atoms with Gasteiger partial charge in [-0.2, -0.15) is 0 Å². The molecule has 150 valence electrons. The summed E-state index contributed by atoms with van der Waals surface area (Å²) in [4.78, 5) is 16.9. The van der Waals surface area contributed by atoms with E-state index in [1.54, 1.807) is 25.4 Å². The second-order valence-electron chi connectivity index (χ2n) is 6.71. The highest BCUT2D eigenvalue weighted by atomic mass is 16.5. The molecule has 0 fully saturated rings. The molecule has 0 aliphatic rings. The largest absolute Gasteiger partial charge is 0.496 e. The summed E-state index contributed by atoms with van der Waals surface area (Å²) < 4.78 is 11.1. The molecule has 3 aromatic rings. The van der Waals surface area contributed by atoms with Crippen molar-refractivity contribution in [3.63, 3.8) is 0 Å². The summed E-state index contributed by atoms with van der Waals surface area (Å²) in [6.45, 7) is 4.45. The number of hydrogen-bond donors (Lipinski definition) is 2. The lowest BCUT2D eigenvalue weighted by Gasteiger charge is -2.15. The van der Waals surface area contributed by atoms with Gasteiger partial charge in [-0.05, 0) is 44.2 Å². The number of rotatable bonds is 8. The van der Waals surface area contributed by atoms with Crippen LogP contribution in [-0.4, -0.2) is 24.1 Å². The summed E-state index contributed by atoms with van der Waals surface area (Å²) in [5.74, 6) is 1.14. The molecular weight excluding hydrogens is 366 g/mol. The van der Waals surface area contributed by atoms with Crippen molar-refractivity contribution in [2.45, 2.75) is 26.5 Å². The summed E-state index contributed by atoms with van der Waals surface area (Å²) >= 11 is 0. The lowest BCUT2D eigenvalue weighted by atomic mass is 10.2. The SMILES string of the molecule is COc1ccccc1CNc1ccnc(C(=O)Nc2ccccc2OC(C)C)c1. The van der Waals surface area contributed by atoms with Crippen molar-refractivity contribution < 1.29 is 14.3 Å². The van der Waals surface area contributed by atoms with Gasteiger partial charge in [0.15, 0.2) is 0 Å². The van der Waals surface area contributed by atoms with E-state index in [1.807, 2.05) is 62.4 Å². The number of anilines is 2. The molecule has 0 atom stereocenters. The zero-order valence-electron chi connectivity index (χ0n) is 16.8. The molecule has 29 heavy (non-hydrogen) atoms. The Morgan fingerprint density at radius 2 is 1.76 bits per heavy atom. The van der Waals surface area contributed by atoms with Crippen LogP contribution >= 0.6 is 0 Å². The lowest BCUT2D eigenvalue weighted by molar-refractivity contribution is 0.102. The molecular formula is C23H25N3O3. The van der Waals surface area contributed by atoms with Crippen LogP contribution in [0.1, 0.15) is 29.9 Å². The minimum Gasteiger partial charge on any atom is -0.496 e.